The van der Waals surface area contributed by atoms with E-state index >= 15 is 0 Å². The van der Waals surface area contributed by atoms with Gasteiger partial charge in [0.25, 0.3) is 0 Å². The summed E-state index contributed by atoms with van der Waals surface area (Å²) in [6.07, 6.45) is 4.84. The third-order valence-electron chi connectivity index (χ3n) is 8.04. The third kappa shape index (κ3) is 5.73. The van der Waals surface area contributed by atoms with Crippen LogP contribution in [0.5, 0.6) is 0 Å². The lowest BCUT2D eigenvalue weighted by Crippen LogP contribution is -2.55. The Morgan fingerprint density at radius 1 is 1.18 bits per heavy atom. The molecule has 2 unspecified atom stereocenters. The fourth-order valence-corrected chi connectivity index (χ4v) is 6.18. The summed E-state index contributed by atoms with van der Waals surface area (Å²) in [5, 5.41) is 0.535. The largest absolute Gasteiger partial charge is 0.355 e. The Labute approximate surface area is 243 Å². The molecule has 0 radical (unpaired) electrons. The molecule has 1 aromatic heterocycles. The second-order valence-corrected chi connectivity index (χ2v) is 11.1. The number of aliphatic imine (C=N–C) groups is 1. The highest BCUT2D eigenvalue weighted by Crippen LogP contribution is 2.38. The Morgan fingerprint density at radius 3 is 2.40 bits per heavy atom. The van der Waals surface area contributed by atoms with Gasteiger partial charge in [0.2, 0.25) is 12.3 Å². The predicted molar refractivity (Wildman–Crippen MR) is 164 cm³/mol. The lowest BCUT2D eigenvalue weighted by atomic mass is 10.0. The number of para-hydroxylation sites is 1. The van der Waals surface area contributed by atoms with Gasteiger partial charge < -0.3 is 14.7 Å². The number of aryl methyl sites for hydroxylation is 2. The molecule has 0 N–H and O–H groups in total. The zero-order valence-corrected chi connectivity index (χ0v) is 25.1. The first kappa shape index (κ1) is 29.6. The number of benzene rings is 1. The van der Waals surface area contributed by atoms with E-state index < -0.39 is 0 Å². The molecule has 1 aromatic carbocycles. The van der Waals surface area contributed by atoms with Gasteiger partial charge in [-0.3, -0.25) is 19.5 Å². The van der Waals surface area contributed by atoms with E-state index in [2.05, 4.69) is 56.2 Å². The van der Waals surface area contributed by atoms with Gasteiger partial charge in [-0.25, -0.2) is 4.98 Å². The minimum atomic E-state index is -0.0773. The first-order chi connectivity index (χ1) is 19.3. The van der Waals surface area contributed by atoms with Crippen molar-refractivity contribution in [1.82, 2.24) is 14.8 Å². The summed E-state index contributed by atoms with van der Waals surface area (Å²) in [5.74, 6) is 2.36. The minimum Gasteiger partial charge on any atom is -0.355 e. The highest BCUT2D eigenvalue weighted by molar-refractivity contribution is 6.33. The monoisotopic (exact) mass is 564 g/mol. The normalized spacial score (nSPS) is 19.6. The summed E-state index contributed by atoms with van der Waals surface area (Å²) >= 11 is 6.95. The van der Waals surface area contributed by atoms with Gasteiger partial charge in [0.05, 0.1) is 16.3 Å². The molecular formula is C31H41ClN6O2. The minimum absolute atomic E-state index is 0.0131. The van der Waals surface area contributed by atoms with Crippen LogP contribution in [0.4, 0.5) is 17.3 Å². The number of piperazine rings is 1. The van der Waals surface area contributed by atoms with Crippen LogP contribution >= 0.6 is 11.6 Å². The molecule has 3 heterocycles. The number of amides is 2. The van der Waals surface area contributed by atoms with Gasteiger partial charge in [0.15, 0.2) is 5.82 Å². The average molecular weight is 565 g/mol. The van der Waals surface area contributed by atoms with Crippen molar-refractivity contribution in [1.29, 1.82) is 0 Å². The van der Waals surface area contributed by atoms with Gasteiger partial charge in [-0.15, -0.1) is 0 Å². The Bertz CT molecular complexity index is 1270. The van der Waals surface area contributed by atoms with Gasteiger partial charge in [-0.05, 0) is 55.4 Å². The van der Waals surface area contributed by atoms with E-state index in [1.54, 1.807) is 16.8 Å². The van der Waals surface area contributed by atoms with Crippen LogP contribution in [0.2, 0.25) is 5.02 Å². The van der Waals surface area contributed by atoms with Crippen LogP contribution in [0.1, 0.15) is 50.8 Å². The van der Waals surface area contributed by atoms with E-state index in [1.165, 1.54) is 6.08 Å². The zero-order chi connectivity index (χ0) is 29.0. The Morgan fingerprint density at radius 2 is 1.88 bits per heavy atom. The number of aromatic nitrogens is 1. The number of anilines is 3. The Kier molecular flexibility index (Phi) is 9.51. The SMILES string of the molecule is C=CC(=O)N1CCN(/C(=N/C)c2cc(Cl)c(N3CCC(C)C3)nc2N(C=O)c2c(CC)cccc2CC)C(C)C1. The van der Waals surface area contributed by atoms with Crippen LogP contribution in [0.3, 0.4) is 0 Å². The molecule has 2 amide bonds. The number of rotatable bonds is 8. The Hall–Kier alpha value is -3.39. The fraction of sp³-hybridized carbons (Fsp3) is 0.484. The number of amidine groups is 1. The van der Waals surface area contributed by atoms with Crippen LogP contribution < -0.4 is 9.80 Å². The summed E-state index contributed by atoms with van der Waals surface area (Å²) < 4.78 is 0. The molecule has 214 valence electrons. The van der Waals surface area contributed by atoms with Gasteiger partial charge in [0.1, 0.15) is 11.7 Å². The molecule has 2 aromatic rings. The topological polar surface area (TPSA) is 72.4 Å². The van der Waals surface area contributed by atoms with Crippen molar-refractivity contribution in [2.75, 3.05) is 49.6 Å². The van der Waals surface area contributed by atoms with Gasteiger partial charge in [-0.2, -0.15) is 0 Å². The molecular weight excluding hydrogens is 524 g/mol. The first-order valence-electron chi connectivity index (χ1n) is 14.2. The molecule has 2 aliphatic rings. The van der Waals surface area contributed by atoms with Crippen molar-refractivity contribution >= 4 is 47.1 Å². The van der Waals surface area contributed by atoms with E-state index in [0.29, 0.717) is 53.6 Å². The molecule has 9 heteroatoms. The maximum absolute atomic E-state index is 13.0. The molecule has 2 saturated heterocycles. The highest BCUT2D eigenvalue weighted by atomic mass is 35.5. The van der Waals surface area contributed by atoms with Crippen LogP contribution in [0, 0.1) is 5.92 Å². The molecule has 0 saturated carbocycles. The molecule has 40 heavy (non-hydrogen) atoms. The lowest BCUT2D eigenvalue weighted by molar-refractivity contribution is -0.128. The zero-order valence-electron chi connectivity index (χ0n) is 24.4. The average Bonchev–Trinajstić information content (AvgIpc) is 3.40. The quantitative estimate of drug-likeness (QED) is 0.193. The summed E-state index contributed by atoms with van der Waals surface area (Å²) in [4.78, 5) is 43.0. The number of carbonyl (C=O) groups is 2. The van der Waals surface area contributed by atoms with Crippen LogP contribution in [0.25, 0.3) is 0 Å². The second-order valence-electron chi connectivity index (χ2n) is 10.7. The van der Waals surface area contributed by atoms with E-state index in [9.17, 15) is 9.59 Å². The molecule has 0 aliphatic carbocycles. The van der Waals surface area contributed by atoms with E-state index in [1.807, 2.05) is 12.1 Å². The molecule has 0 bridgehead atoms. The standard InChI is InChI=1S/C31H41ClN6O2/c1-7-23-11-10-12-24(8-2)28(23)38(20-39)30-25(17-26(32)31(34-30)36-14-13-21(4)18-36)29(33-6)37-16-15-35(19-22(37)5)27(40)9-3/h9-12,17,20-22H,3,7-8,13-16,18-19H2,1-2,4-6H3/b33-29+. The van der Waals surface area contributed by atoms with Gasteiger partial charge in [0, 0.05) is 45.8 Å². The second kappa shape index (κ2) is 12.9. The fourth-order valence-electron chi connectivity index (χ4n) is 5.91. The number of halogens is 1. The molecule has 2 aliphatic heterocycles. The predicted octanol–water partition coefficient (Wildman–Crippen LogP) is 5.10. The molecule has 4 rings (SSSR count). The molecule has 0 spiro atoms. The number of hydrogen-bond donors (Lipinski definition) is 0. The maximum Gasteiger partial charge on any atom is 0.246 e. The summed E-state index contributed by atoms with van der Waals surface area (Å²) in [7, 11) is 1.75. The van der Waals surface area contributed by atoms with Crippen LogP contribution in [0.15, 0.2) is 41.9 Å². The van der Waals surface area contributed by atoms with E-state index in [-0.39, 0.29) is 11.9 Å². The summed E-state index contributed by atoms with van der Waals surface area (Å²) in [5.41, 5.74) is 3.71. The van der Waals surface area contributed by atoms with Crippen molar-refractivity contribution < 1.29 is 9.59 Å². The first-order valence-corrected chi connectivity index (χ1v) is 14.6. The van der Waals surface area contributed by atoms with Crippen molar-refractivity contribution in [3.63, 3.8) is 0 Å². The van der Waals surface area contributed by atoms with Gasteiger partial charge >= 0.3 is 0 Å². The smallest absolute Gasteiger partial charge is 0.246 e. The molecule has 8 nitrogen and oxygen atoms in total. The van der Waals surface area contributed by atoms with Crippen molar-refractivity contribution in [2.24, 2.45) is 10.9 Å². The number of carbonyl (C=O) groups excluding carboxylic acids is 2. The van der Waals surface area contributed by atoms with Crippen molar-refractivity contribution in [3.8, 4) is 0 Å². The van der Waals surface area contributed by atoms with Crippen LogP contribution in [-0.4, -0.2) is 78.7 Å². The number of hydrogen-bond acceptors (Lipinski definition) is 5. The van der Waals surface area contributed by atoms with Crippen molar-refractivity contribution in [3.05, 3.63) is 58.6 Å². The van der Waals surface area contributed by atoms with Crippen LogP contribution in [-0.2, 0) is 22.4 Å². The number of nitrogens with zero attached hydrogens (tertiary/aromatic N) is 6. The maximum atomic E-state index is 13.0. The van der Waals surface area contributed by atoms with Gasteiger partial charge in [-0.1, -0.05) is 57.2 Å². The molecule has 2 atom stereocenters. The highest BCUT2D eigenvalue weighted by Gasteiger charge is 2.33. The van der Waals surface area contributed by atoms with Crippen molar-refractivity contribution in [2.45, 2.75) is 53.0 Å². The summed E-state index contributed by atoms with van der Waals surface area (Å²) in [6, 6.07) is 8.07. The van der Waals surface area contributed by atoms with E-state index in [0.717, 1.165) is 55.6 Å². The third-order valence-corrected chi connectivity index (χ3v) is 8.32. The Balaban J connectivity index is 1.88. The molecule has 2 fully saturated rings. The van der Waals surface area contributed by atoms with E-state index in [4.69, 9.17) is 21.6 Å². The summed E-state index contributed by atoms with van der Waals surface area (Å²) in [6.45, 7) is 15.5. The number of pyridine rings is 1. The lowest BCUT2D eigenvalue weighted by Gasteiger charge is -2.41.